The van der Waals surface area contributed by atoms with E-state index in [0.717, 1.165) is 25.8 Å². The van der Waals surface area contributed by atoms with Crippen LogP contribution in [-0.2, 0) is 9.53 Å². The number of carbonyl (C=O) groups excluding carboxylic acids is 1. The predicted molar refractivity (Wildman–Crippen MR) is 56.5 cm³/mol. The van der Waals surface area contributed by atoms with E-state index in [0.29, 0.717) is 0 Å². The van der Waals surface area contributed by atoms with Crippen LogP contribution in [-0.4, -0.2) is 50.0 Å². The second-order valence-corrected chi connectivity index (χ2v) is 3.86. The highest BCUT2D eigenvalue weighted by atomic mass is 16.5. The smallest absolute Gasteiger partial charge is 0.237 e. The number of hydrogen-bond acceptors (Lipinski definition) is 4. The number of rotatable bonds is 5. The zero-order valence-corrected chi connectivity index (χ0v) is 9.16. The molecule has 0 saturated carbocycles. The molecule has 1 heterocycles. The normalized spacial score (nSPS) is 23.5. The summed E-state index contributed by atoms with van der Waals surface area (Å²) in [6, 6.07) is -0.0894. The van der Waals surface area contributed by atoms with Crippen LogP contribution in [0.5, 0.6) is 0 Å². The third kappa shape index (κ3) is 4.59. The van der Waals surface area contributed by atoms with E-state index in [1.54, 1.807) is 0 Å². The largest absolute Gasteiger partial charge is 0.389 e. The molecule has 88 valence electrons. The number of ether oxygens (including phenoxy) is 1. The highest BCUT2D eigenvalue weighted by Crippen LogP contribution is 2.06. The van der Waals surface area contributed by atoms with Gasteiger partial charge >= 0.3 is 0 Å². The maximum absolute atomic E-state index is 11.6. The summed E-state index contributed by atoms with van der Waals surface area (Å²) in [5.41, 5.74) is 0. The summed E-state index contributed by atoms with van der Waals surface area (Å²) < 4.78 is 4.76. The molecule has 1 unspecified atom stereocenters. The molecule has 5 nitrogen and oxygen atoms in total. The van der Waals surface area contributed by atoms with E-state index in [9.17, 15) is 9.90 Å². The van der Waals surface area contributed by atoms with Gasteiger partial charge in [0.1, 0.15) is 0 Å². The Balaban J connectivity index is 2.16. The van der Waals surface area contributed by atoms with Crippen LogP contribution in [0.1, 0.15) is 19.3 Å². The van der Waals surface area contributed by atoms with Gasteiger partial charge in [0.15, 0.2) is 0 Å². The first-order chi connectivity index (χ1) is 7.24. The minimum atomic E-state index is -0.623. The maximum Gasteiger partial charge on any atom is 0.237 e. The van der Waals surface area contributed by atoms with Crippen LogP contribution in [0.3, 0.4) is 0 Å². The van der Waals surface area contributed by atoms with E-state index in [4.69, 9.17) is 4.74 Å². The predicted octanol–water partition coefficient (Wildman–Crippen LogP) is -0.748. The molecule has 1 aliphatic rings. The Hall–Kier alpha value is -0.650. The fourth-order valence-corrected chi connectivity index (χ4v) is 1.67. The summed E-state index contributed by atoms with van der Waals surface area (Å²) >= 11 is 0. The molecule has 1 saturated heterocycles. The molecule has 1 fully saturated rings. The van der Waals surface area contributed by atoms with Gasteiger partial charge in [-0.05, 0) is 19.4 Å². The first-order valence-corrected chi connectivity index (χ1v) is 5.42. The molecule has 0 bridgehead atoms. The summed E-state index contributed by atoms with van der Waals surface area (Å²) in [4.78, 5) is 11.6. The molecule has 0 radical (unpaired) electrons. The van der Waals surface area contributed by atoms with Crippen LogP contribution in [0.4, 0.5) is 0 Å². The van der Waals surface area contributed by atoms with Gasteiger partial charge in [-0.1, -0.05) is 6.42 Å². The van der Waals surface area contributed by atoms with Crippen molar-refractivity contribution in [3.05, 3.63) is 0 Å². The summed E-state index contributed by atoms with van der Waals surface area (Å²) in [7, 11) is 1.52. The van der Waals surface area contributed by atoms with Gasteiger partial charge in [-0.15, -0.1) is 0 Å². The third-order valence-corrected chi connectivity index (χ3v) is 2.50. The fourth-order valence-electron chi connectivity index (χ4n) is 1.67. The number of nitrogens with one attached hydrogen (secondary N) is 2. The van der Waals surface area contributed by atoms with Crippen LogP contribution in [0.25, 0.3) is 0 Å². The first kappa shape index (κ1) is 12.4. The Morgan fingerprint density at radius 3 is 3.07 bits per heavy atom. The fraction of sp³-hybridized carbons (Fsp3) is 0.900. The molecule has 0 aromatic rings. The molecule has 1 aliphatic heterocycles. The maximum atomic E-state index is 11.6. The van der Waals surface area contributed by atoms with E-state index in [1.165, 1.54) is 7.11 Å². The molecule has 0 aliphatic carbocycles. The standard InChI is InChI=1S/C10H20N2O3/c1-15-7-8(13)6-12-10(14)9-4-2-3-5-11-9/h8-9,11,13H,2-7H2,1H3,(H,12,14)/t8?,9-/m1/s1. The van der Waals surface area contributed by atoms with Crippen LogP contribution in [0.15, 0.2) is 0 Å². The van der Waals surface area contributed by atoms with Crippen molar-refractivity contribution in [1.82, 2.24) is 10.6 Å². The topological polar surface area (TPSA) is 70.6 Å². The summed E-state index contributed by atoms with van der Waals surface area (Å²) in [6.07, 6.45) is 2.48. The average Bonchev–Trinajstić information content (AvgIpc) is 2.27. The molecule has 0 aromatic heterocycles. The molecule has 0 spiro atoms. The highest BCUT2D eigenvalue weighted by Gasteiger charge is 2.20. The van der Waals surface area contributed by atoms with Gasteiger partial charge in [0.25, 0.3) is 0 Å². The number of amides is 1. The quantitative estimate of drug-likeness (QED) is 0.565. The van der Waals surface area contributed by atoms with E-state index >= 15 is 0 Å². The monoisotopic (exact) mass is 216 g/mol. The zero-order chi connectivity index (χ0) is 11.1. The van der Waals surface area contributed by atoms with Gasteiger partial charge in [-0.3, -0.25) is 4.79 Å². The average molecular weight is 216 g/mol. The number of aliphatic hydroxyl groups excluding tert-OH is 1. The molecule has 2 atom stereocenters. The summed E-state index contributed by atoms with van der Waals surface area (Å²) in [6.45, 7) is 1.40. The van der Waals surface area contributed by atoms with Crippen molar-refractivity contribution in [1.29, 1.82) is 0 Å². The molecule has 3 N–H and O–H groups in total. The van der Waals surface area contributed by atoms with Gasteiger partial charge in [0.2, 0.25) is 5.91 Å². The zero-order valence-electron chi connectivity index (χ0n) is 9.16. The second kappa shape index (κ2) is 6.76. The third-order valence-electron chi connectivity index (χ3n) is 2.50. The summed E-state index contributed by atoms with van der Waals surface area (Å²) in [5, 5.41) is 15.2. The van der Waals surface area contributed by atoms with Crippen molar-refractivity contribution >= 4 is 5.91 Å². The molecule has 15 heavy (non-hydrogen) atoms. The number of hydrogen-bond donors (Lipinski definition) is 3. The van der Waals surface area contributed by atoms with Crippen LogP contribution >= 0.6 is 0 Å². The SMILES string of the molecule is COCC(O)CNC(=O)[C@H]1CCCCN1. The number of methoxy groups -OCH3 is 1. The van der Waals surface area contributed by atoms with E-state index < -0.39 is 6.10 Å². The minimum Gasteiger partial charge on any atom is -0.389 e. The van der Waals surface area contributed by atoms with Gasteiger partial charge in [-0.2, -0.15) is 0 Å². The van der Waals surface area contributed by atoms with Crippen molar-refractivity contribution in [2.45, 2.75) is 31.4 Å². The molecule has 1 amide bonds. The van der Waals surface area contributed by atoms with Crippen molar-refractivity contribution in [2.24, 2.45) is 0 Å². The lowest BCUT2D eigenvalue weighted by atomic mass is 10.0. The Morgan fingerprint density at radius 2 is 2.47 bits per heavy atom. The molecular formula is C10H20N2O3. The molecule has 0 aromatic carbocycles. The lowest BCUT2D eigenvalue weighted by Gasteiger charge is -2.23. The first-order valence-electron chi connectivity index (χ1n) is 5.42. The van der Waals surface area contributed by atoms with Gasteiger partial charge in [0.05, 0.1) is 18.8 Å². The number of piperidine rings is 1. The van der Waals surface area contributed by atoms with Crippen molar-refractivity contribution < 1.29 is 14.6 Å². The van der Waals surface area contributed by atoms with Crippen LogP contribution < -0.4 is 10.6 Å². The molecule has 5 heteroatoms. The lowest BCUT2D eigenvalue weighted by Crippen LogP contribution is -2.48. The molecule has 1 rings (SSSR count). The van der Waals surface area contributed by atoms with E-state index in [2.05, 4.69) is 10.6 Å². The highest BCUT2D eigenvalue weighted by molar-refractivity contribution is 5.81. The number of aliphatic hydroxyl groups is 1. The van der Waals surface area contributed by atoms with Gasteiger partial charge in [0, 0.05) is 13.7 Å². The van der Waals surface area contributed by atoms with Crippen molar-refractivity contribution in [3.63, 3.8) is 0 Å². The van der Waals surface area contributed by atoms with Gasteiger partial charge in [-0.25, -0.2) is 0 Å². The number of carbonyl (C=O) groups is 1. The minimum absolute atomic E-state index is 0.0233. The second-order valence-electron chi connectivity index (χ2n) is 3.86. The Morgan fingerprint density at radius 1 is 1.67 bits per heavy atom. The van der Waals surface area contributed by atoms with Crippen molar-refractivity contribution in [2.75, 3.05) is 26.8 Å². The Labute approximate surface area is 90.2 Å². The molecular weight excluding hydrogens is 196 g/mol. The van der Waals surface area contributed by atoms with E-state index in [-0.39, 0.29) is 25.1 Å². The van der Waals surface area contributed by atoms with Gasteiger partial charge < -0.3 is 20.5 Å². The summed E-state index contributed by atoms with van der Waals surface area (Å²) in [5.74, 6) is -0.0233. The van der Waals surface area contributed by atoms with Crippen molar-refractivity contribution in [3.8, 4) is 0 Å². The Bertz CT molecular complexity index is 193. The lowest BCUT2D eigenvalue weighted by molar-refractivity contribution is -0.124. The Kier molecular flexibility index (Phi) is 5.60. The van der Waals surface area contributed by atoms with Crippen LogP contribution in [0, 0.1) is 0 Å². The van der Waals surface area contributed by atoms with Crippen LogP contribution in [0.2, 0.25) is 0 Å². The van der Waals surface area contributed by atoms with E-state index in [1.807, 2.05) is 0 Å².